The quantitative estimate of drug-likeness (QED) is 0.336. The standard InChI is InChI=1S/C15H30N6O2/c1-4-6-8-22-10-11-23-9-7-17-15(16-3)18-12-14-20-19-13-21(14)5-2/h13H,4-12H2,1-3H3,(H2,16,17,18). The summed E-state index contributed by atoms with van der Waals surface area (Å²) in [6.07, 6.45) is 3.99. The first-order valence-electron chi connectivity index (χ1n) is 8.28. The van der Waals surface area contributed by atoms with Crippen LogP contribution in [-0.2, 0) is 22.6 Å². The highest BCUT2D eigenvalue weighted by atomic mass is 16.5. The van der Waals surface area contributed by atoms with Crippen LogP contribution < -0.4 is 10.6 Å². The number of aryl methyl sites for hydroxylation is 1. The first-order chi connectivity index (χ1) is 11.3. The molecule has 8 nitrogen and oxygen atoms in total. The fourth-order valence-corrected chi connectivity index (χ4v) is 1.87. The maximum absolute atomic E-state index is 5.50. The van der Waals surface area contributed by atoms with Crippen LogP contribution in [0.3, 0.4) is 0 Å². The van der Waals surface area contributed by atoms with Crippen LogP contribution in [0.2, 0.25) is 0 Å². The van der Waals surface area contributed by atoms with Crippen molar-refractivity contribution < 1.29 is 9.47 Å². The smallest absolute Gasteiger partial charge is 0.191 e. The van der Waals surface area contributed by atoms with Crippen molar-refractivity contribution in [1.82, 2.24) is 25.4 Å². The topological polar surface area (TPSA) is 85.6 Å². The number of guanidine groups is 1. The average molecular weight is 326 g/mol. The van der Waals surface area contributed by atoms with E-state index in [1.54, 1.807) is 13.4 Å². The van der Waals surface area contributed by atoms with E-state index in [4.69, 9.17) is 9.47 Å². The summed E-state index contributed by atoms with van der Waals surface area (Å²) in [6, 6.07) is 0. The Kier molecular flexibility index (Phi) is 10.8. The van der Waals surface area contributed by atoms with Crippen LogP contribution in [0.15, 0.2) is 11.3 Å². The van der Waals surface area contributed by atoms with Crippen molar-refractivity contribution in [1.29, 1.82) is 0 Å². The van der Waals surface area contributed by atoms with E-state index in [0.29, 0.717) is 32.9 Å². The number of nitrogens with zero attached hydrogens (tertiary/aromatic N) is 4. The molecular formula is C15H30N6O2. The van der Waals surface area contributed by atoms with Crippen LogP contribution >= 0.6 is 0 Å². The summed E-state index contributed by atoms with van der Waals surface area (Å²) in [5.41, 5.74) is 0. The molecule has 0 bridgehead atoms. The molecule has 1 aromatic rings. The van der Waals surface area contributed by atoms with Crippen molar-refractivity contribution in [3.8, 4) is 0 Å². The fourth-order valence-electron chi connectivity index (χ4n) is 1.87. The van der Waals surface area contributed by atoms with Gasteiger partial charge < -0.3 is 24.7 Å². The molecule has 2 N–H and O–H groups in total. The highest BCUT2D eigenvalue weighted by molar-refractivity contribution is 5.79. The van der Waals surface area contributed by atoms with Crippen LogP contribution in [0.5, 0.6) is 0 Å². The zero-order valence-electron chi connectivity index (χ0n) is 14.5. The van der Waals surface area contributed by atoms with Gasteiger partial charge in [-0.1, -0.05) is 13.3 Å². The van der Waals surface area contributed by atoms with Gasteiger partial charge in [0.2, 0.25) is 0 Å². The molecule has 0 atom stereocenters. The summed E-state index contributed by atoms with van der Waals surface area (Å²) in [4.78, 5) is 4.17. The molecule has 0 amide bonds. The Morgan fingerprint density at radius 2 is 1.96 bits per heavy atom. The second kappa shape index (κ2) is 12.8. The number of nitrogens with one attached hydrogen (secondary N) is 2. The van der Waals surface area contributed by atoms with Crippen LogP contribution in [0.1, 0.15) is 32.5 Å². The normalized spacial score (nSPS) is 11.7. The van der Waals surface area contributed by atoms with Gasteiger partial charge in [-0.05, 0) is 13.3 Å². The first-order valence-corrected chi connectivity index (χ1v) is 8.28. The van der Waals surface area contributed by atoms with Crippen LogP contribution in [0.25, 0.3) is 0 Å². The van der Waals surface area contributed by atoms with Crippen molar-refractivity contribution in [2.75, 3.05) is 40.0 Å². The number of ether oxygens (including phenoxy) is 2. The van der Waals surface area contributed by atoms with E-state index >= 15 is 0 Å². The zero-order chi connectivity index (χ0) is 16.8. The second-order valence-electron chi connectivity index (χ2n) is 4.96. The predicted molar refractivity (Wildman–Crippen MR) is 90.4 cm³/mol. The minimum absolute atomic E-state index is 0.583. The van der Waals surface area contributed by atoms with Gasteiger partial charge in [0.25, 0.3) is 0 Å². The molecule has 8 heteroatoms. The van der Waals surface area contributed by atoms with Gasteiger partial charge in [0.05, 0.1) is 26.4 Å². The zero-order valence-corrected chi connectivity index (χ0v) is 14.5. The van der Waals surface area contributed by atoms with E-state index in [2.05, 4.69) is 39.7 Å². The Labute approximate surface area is 138 Å². The number of aromatic nitrogens is 3. The molecule has 0 fully saturated rings. The van der Waals surface area contributed by atoms with Gasteiger partial charge in [0, 0.05) is 26.7 Å². The lowest BCUT2D eigenvalue weighted by molar-refractivity contribution is 0.0487. The van der Waals surface area contributed by atoms with Crippen LogP contribution in [0.4, 0.5) is 0 Å². The highest BCUT2D eigenvalue weighted by Crippen LogP contribution is 1.93. The van der Waals surface area contributed by atoms with Crippen LogP contribution in [0, 0.1) is 0 Å². The summed E-state index contributed by atoms with van der Waals surface area (Å²) >= 11 is 0. The van der Waals surface area contributed by atoms with Gasteiger partial charge in [0.15, 0.2) is 11.8 Å². The van der Waals surface area contributed by atoms with Gasteiger partial charge >= 0.3 is 0 Å². The van der Waals surface area contributed by atoms with Crippen molar-refractivity contribution in [2.45, 2.75) is 39.8 Å². The van der Waals surface area contributed by atoms with Gasteiger partial charge in [-0.15, -0.1) is 10.2 Å². The molecular weight excluding hydrogens is 296 g/mol. The molecule has 1 heterocycles. The van der Waals surface area contributed by atoms with Gasteiger partial charge in [-0.25, -0.2) is 0 Å². The van der Waals surface area contributed by atoms with Crippen molar-refractivity contribution in [3.63, 3.8) is 0 Å². The van der Waals surface area contributed by atoms with Crippen molar-refractivity contribution in [2.24, 2.45) is 4.99 Å². The largest absolute Gasteiger partial charge is 0.379 e. The Balaban J connectivity index is 2.06. The third-order valence-corrected chi connectivity index (χ3v) is 3.23. The highest BCUT2D eigenvalue weighted by Gasteiger charge is 2.03. The monoisotopic (exact) mass is 326 g/mol. The lowest BCUT2D eigenvalue weighted by Gasteiger charge is -2.12. The van der Waals surface area contributed by atoms with E-state index in [1.807, 2.05) is 4.57 Å². The van der Waals surface area contributed by atoms with E-state index in [1.165, 1.54) is 0 Å². The Bertz CT molecular complexity index is 435. The number of aliphatic imine (C=N–C) groups is 1. The molecule has 0 spiro atoms. The predicted octanol–water partition coefficient (Wildman–Crippen LogP) is 0.796. The van der Waals surface area contributed by atoms with Gasteiger partial charge in [0.1, 0.15) is 6.33 Å². The molecule has 0 aliphatic rings. The molecule has 0 saturated heterocycles. The Morgan fingerprint density at radius 1 is 1.17 bits per heavy atom. The van der Waals surface area contributed by atoms with Crippen LogP contribution in [-0.4, -0.2) is 60.7 Å². The molecule has 0 aromatic carbocycles. The summed E-state index contributed by atoms with van der Waals surface area (Å²) in [7, 11) is 1.74. The molecule has 23 heavy (non-hydrogen) atoms. The summed E-state index contributed by atoms with van der Waals surface area (Å²) in [6.45, 7) is 9.04. The third-order valence-electron chi connectivity index (χ3n) is 3.23. The minimum atomic E-state index is 0.583. The first kappa shape index (κ1) is 19.4. The Morgan fingerprint density at radius 3 is 2.65 bits per heavy atom. The molecule has 0 radical (unpaired) electrons. The van der Waals surface area contributed by atoms with E-state index in [-0.39, 0.29) is 0 Å². The summed E-state index contributed by atoms with van der Waals surface area (Å²) in [5, 5.41) is 14.4. The maximum Gasteiger partial charge on any atom is 0.191 e. The summed E-state index contributed by atoms with van der Waals surface area (Å²) in [5.74, 6) is 1.61. The lowest BCUT2D eigenvalue weighted by atomic mass is 10.4. The van der Waals surface area contributed by atoms with Gasteiger partial charge in [-0.2, -0.15) is 0 Å². The molecule has 0 aliphatic carbocycles. The molecule has 1 aromatic heterocycles. The number of unbranched alkanes of at least 4 members (excludes halogenated alkanes) is 1. The molecule has 0 aliphatic heterocycles. The number of hydrogen-bond donors (Lipinski definition) is 2. The fraction of sp³-hybridized carbons (Fsp3) is 0.800. The maximum atomic E-state index is 5.50. The molecule has 1 rings (SSSR count). The lowest BCUT2D eigenvalue weighted by Crippen LogP contribution is -2.39. The average Bonchev–Trinajstić information content (AvgIpc) is 3.03. The molecule has 132 valence electrons. The van der Waals surface area contributed by atoms with E-state index < -0.39 is 0 Å². The number of hydrogen-bond acceptors (Lipinski definition) is 5. The van der Waals surface area contributed by atoms with E-state index in [9.17, 15) is 0 Å². The van der Waals surface area contributed by atoms with E-state index in [0.717, 1.165) is 37.8 Å². The number of rotatable bonds is 12. The van der Waals surface area contributed by atoms with Crippen molar-refractivity contribution >= 4 is 5.96 Å². The summed E-state index contributed by atoms with van der Waals surface area (Å²) < 4.78 is 12.9. The SMILES string of the molecule is CCCCOCCOCCNC(=NC)NCc1nncn1CC. The molecule has 0 unspecified atom stereocenters. The molecule has 0 saturated carbocycles. The van der Waals surface area contributed by atoms with Crippen molar-refractivity contribution in [3.05, 3.63) is 12.2 Å². The van der Waals surface area contributed by atoms with Gasteiger partial charge in [-0.3, -0.25) is 4.99 Å². The minimum Gasteiger partial charge on any atom is -0.379 e. The third kappa shape index (κ3) is 8.51. The second-order valence-corrected chi connectivity index (χ2v) is 4.96. The Hall–Kier alpha value is -1.67.